The van der Waals surface area contributed by atoms with Crippen molar-refractivity contribution in [1.82, 2.24) is 15.0 Å². The van der Waals surface area contributed by atoms with Gasteiger partial charge in [-0.3, -0.25) is 0 Å². The number of nitrogens with zero attached hydrogens (tertiary/aromatic N) is 5. The summed E-state index contributed by atoms with van der Waals surface area (Å²) in [6, 6.07) is 9.83. The molecule has 0 unspecified atom stereocenters. The van der Waals surface area contributed by atoms with Gasteiger partial charge in [0.25, 0.3) is 0 Å². The summed E-state index contributed by atoms with van der Waals surface area (Å²) in [5, 5.41) is 7.45. The molecule has 1 saturated heterocycles. The fraction of sp³-hybridized carbons (Fsp3) is 0.333. The highest BCUT2D eigenvalue weighted by molar-refractivity contribution is 14.1. The molecule has 9 nitrogen and oxygen atoms in total. The number of nitrogens with one attached hydrogen (secondary N) is 2. The topological polar surface area (TPSA) is 96.8 Å². The van der Waals surface area contributed by atoms with Crippen LogP contribution in [0.1, 0.15) is 31.7 Å². The van der Waals surface area contributed by atoms with Crippen molar-refractivity contribution in [3.8, 4) is 11.5 Å². The van der Waals surface area contributed by atoms with Gasteiger partial charge in [-0.05, 0) is 90.7 Å². The Hall–Kier alpha value is -3.22. The summed E-state index contributed by atoms with van der Waals surface area (Å²) in [5.74, 6) is 2.26. The van der Waals surface area contributed by atoms with Gasteiger partial charge in [0.05, 0.1) is 23.5 Å². The Labute approximate surface area is 217 Å². The first-order valence-corrected chi connectivity index (χ1v) is 12.5. The maximum absolute atomic E-state index is 13.3. The molecular weight excluding hydrogens is 564 g/mol. The van der Waals surface area contributed by atoms with Gasteiger partial charge in [0.1, 0.15) is 5.82 Å². The second-order valence-corrected chi connectivity index (χ2v) is 8.96. The summed E-state index contributed by atoms with van der Waals surface area (Å²) in [4.78, 5) is 15.7. The number of aromatic nitrogens is 3. The number of rotatable bonds is 9. The average molecular weight is 591 g/mol. The molecule has 1 aliphatic heterocycles. The molecule has 2 heterocycles. The molecule has 184 valence electrons. The zero-order valence-electron chi connectivity index (χ0n) is 19.6. The SMILES string of the molecule is CCOc1c(I)cc(/C=N/Nc2nc(Nc3ccc(F)cc3)nc(N3CCCCC3)n2)cc1OC. The molecule has 0 atom stereocenters. The fourth-order valence-corrected chi connectivity index (χ4v) is 4.41. The third-order valence-corrected chi connectivity index (χ3v) is 6.08. The molecule has 0 radical (unpaired) electrons. The molecule has 0 spiro atoms. The van der Waals surface area contributed by atoms with Gasteiger partial charge in [0.2, 0.25) is 17.8 Å². The van der Waals surface area contributed by atoms with Crippen LogP contribution in [-0.2, 0) is 0 Å². The third-order valence-electron chi connectivity index (χ3n) is 5.28. The predicted molar refractivity (Wildman–Crippen MR) is 144 cm³/mol. The highest BCUT2D eigenvalue weighted by Crippen LogP contribution is 2.33. The predicted octanol–water partition coefficient (Wildman–Crippen LogP) is 5.20. The minimum Gasteiger partial charge on any atom is -0.493 e. The molecule has 35 heavy (non-hydrogen) atoms. The van der Waals surface area contributed by atoms with Gasteiger partial charge >= 0.3 is 0 Å². The van der Waals surface area contributed by atoms with Crippen molar-refractivity contribution in [3.63, 3.8) is 0 Å². The minimum atomic E-state index is -0.308. The van der Waals surface area contributed by atoms with Crippen molar-refractivity contribution >= 4 is 52.3 Å². The Bertz CT molecular complexity index is 1170. The molecule has 11 heteroatoms. The van der Waals surface area contributed by atoms with Gasteiger partial charge in [-0.1, -0.05) is 0 Å². The summed E-state index contributed by atoms with van der Waals surface area (Å²) >= 11 is 2.21. The zero-order valence-corrected chi connectivity index (χ0v) is 21.8. The number of hydrazone groups is 1. The van der Waals surface area contributed by atoms with Crippen molar-refractivity contribution in [2.45, 2.75) is 26.2 Å². The number of benzene rings is 2. The highest BCUT2D eigenvalue weighted by atomic mass is 127. The summed E-state index contributed by atoms with van der Waals surface area (Å²) in [6.07, 6.45) is 5.04. The molecule has 3 aromatic rings. The lowest BCUT2D eigenvalue weighted by Gasteiger charge is -2.26. The van der Waals surface area contributed by atoms with Crippen LogP contribution in [0.5, 0.6) is 11.5 Å². The van der Waals surface area contributed by atoms with Crippen molar-refractivity contribution in [3.05, 3.63) is 51.3 Å². The van der Waals surface area contributed by atoms with E-state index in [1.54, 1.807) is 25.5 Å². The highest BCUT2D eigenvalue weighted by Gasteiger charge is 2.16. The molecule has 1 aliphatic rings. The molecule has 0 amide bonds. The lowest BCUT2D eigenvalue weighted by atomic mass is 10.1. The van der Waals surface area contributed by atoms with E-state index in [1.807, 2.05) is 19.1 Å². The van der Waals surface area contributed by atoms with E-state index >= 15 is 0 Å². The van der Waals surface area contributed by atoms with E-state index in [9.17, 15) is 4.39 Å². The molecule has 0 bridgehead atoms. The van der Waals surface area contributed by atoms with E-state index in [1.165, 1.54) is 18.6 Å². The van der Waals surface area contributed by atoms with Crippen LogP contribution in [-0.4, -0.2) is 48.0 Å². The van der Waals surface area contributed by atoms with Crippen LogP contribution in [0.15, 0.2) is 41.5 Å². The number of methoxy groups -OCH3 is 1. The summed E-state index contributed by atoms with van der Waals surface area (Å²) < 4.78 is 25.4. The van der Waals surface area contributed by atoms with Gasteiger partial charge in [0, 0.05) is 18.8 Å². The first kappa shape index (κ1) is 24.9. The first-order valence-electron chi connectivity index (χ1n) is 11.4. The number of halogens is 2. The lowest BCUT2D eigenvalue weighted by molar-refractivity contribution is 0.308. The molecular formula is C24H27FIN7O2. The standard InChI is InChI=1S/C24H27FIN7O2/c1-3-35-21-19(26)13-16(14-20(21)34-2)15-27-32-23-29-22(28-18-9-7-17(25)8-10-18)30-24(31-23)33-11-5-4-6-12-33/h7-10,13-15H,3-6,11-12H2,1-2H3,(H2,28,29,30,31,32)/b27-15+. The molecule has 2 aromatic carbocycles. The first-order chi connectivity index (χ1) is 17.1. The fourth-order valence-electron chi connectivity index (χ4n) is 3.63. The quantitative estimate of drug-likeness (QED) is 0.199. The molecule has 0 saturated carbocycles. The van der Waals surface area contributed by atoms with E-state index in [0.717, 1.165) is 35.1 Å². The van der Waals surface area contributed by atoms with Crippen LogP contribution in [0.2, 0.25) is 0 Å². The lowest BCUT2D eigenvalue weighted by Crippen LogP contribution is -2.31. The van der Waals surface area contributed by atoms with E-state index in [0.29, 0.717) is 41.6 Å². The molecule has 0 aliphatic carbocycles. The number of ether oxygens (including phenoxy) is 2. The Kier molecular flexibility index (Phi) is 8.50. The molecule has 1 fully saturated rings. The van der Waals surface area contributed by atoms with Gasteiger partial charge in [-0.25, -0.2) is 9.82 Å². The Morgan fingerprint density at radius 2 is 1.83 bits per heavy atom. The minimum absolute atomic E-state index is 0.300. The summed E-state index contributed by atoms with van der Waals surface area (Å²) in [6.45, 7) is 4.25. The van der Waals surface area contributed by atoms with Gasteiger partial charge in [0.15, 0.2) is 11.5 Å². The number of hydrogen-bond acceptors (Lipinski definition) is 9. The van der Waals surface area contributed by atoms with Crippen LogP contribution in [0, 0.1) is 9.39 Å². The average Bonchev–Trinajstić information content (AvgIpc) is 2.87. The number of piperidine rings is 1. The van der Waals surface area contributed by atoms with Crippen molar-refractivity contribution in [1.29, 1.82) is 0 Å². The molecule has 1 aromatic heterocycles. The maximum atomic E-state index is 13.3. The normalized spacial score (nSPS) is 13.7. The summed E-state index contributed by atoms with van der Waals surface area (Å²) in [7, 11) is 1.61. The van der Waals surface area contributed by atoms with E-state index < -0.39 is 0 Å². The number of hydrogen-bond donors (Lipinski definition) is 2. The van der Waals surface area contributed by atoms with Crippen molar-refractivity contribution < 1.29 is 13.9 Å². The van der Waals surface area contributed by atoms with Gasteiger partial charge in [-0.2, -0.15) is 20.1 Å². The maximum Gasteiger partial charge on any atom is 0.250 e. The van der Waals surface area contributed by atoms with E-state index in [-0.39, 0.29) is 5.82 Å². The van der Waals surface area contributed by atoms with Crippen molar-refractivity contribution in [2.75, 3.05) is 42.4 Å². The van der Waals surface area contributed by atoms with Crippen LogP contribution < -0.4 is 25.1 Å². The second-order valence-electron chi connectivity index (χ2n) is 7.80. The summed E-state index contributed by atoms with van der Waals surface area (Å²) in [5.41, 5.74) is 4.42. The Balaban J connectivity index is 1.56. The molecule has 2 N–H and O–H groups in total. The van der Waals surface area contributed by atoms with Gasteiger partial charge < -0.3 is 19.7 Å². The van der Waals surface area contributed by atoms with E-state index in [2.05, 4.69) is 58.3 Å². The van der Waals surface area contributed by atoms with Crippen LogP contribution in [0.25, 0.3) is 0 Å². The Morgan fingerprint density at radius 3 is 2.54 bits per heavy atom. The third kappa shape index (κ3) is 6.68. The zero-order chi connectivity index (χ0) is 24.6. The largest absolute Gasteiger partial charge is 0.493 e. The van der Waals surface area contributed by atoms with E-state index in [4.69, 9.17) is 9.47 Å². The van der Waals surface area contributed by atoms with Crippen molar-refractivity contribution in [2.24, 2.45) is 5.10 Å². The van der Waals surface area contributed by atoms with Gasteiger partial charge in [-0.15, -0.1) is 0 Å². The second kappa shape index (κ2) is 12.0. The Morgan fingerprint density at radius 1 is 1.09 bits per heavy atom. The van der Waals surface area contributed by atoms with Crippen LogP contribution in [0.3, 0.4) is 0 Å². The van der Waals surface area contributed by atoms with Crippen LogP contribution in [0.4, 0.5) is 27.9 Å². The molecule has 4 rings (SSSR count). The van der Waals surface area contributed by atoms with Crippen LogP contribution >= 0.6 is 22.6 Å². The number of anilines is 4. The smallest absolute Gasteiger partial charge is 0.250 e. The monoisotopic (exact) mass is 591 g/mol.